The van der Waals surface area contributed by atoms with Gasteiger partial charge in [0.25, 0.3) is 0 Å². The monoisotopic (exact) mass is 148 g/mol. The Hall–Kier alpha value is -1.58. The van der Waals surface area contributed by atoms with Crippen LogP contribution in [0.4, 0.5) is 11.4 Å². The van der Waals surface area contributed by atoms with Gasteiger partial charge in [0.2, 0.25) is 0 Å². The minimum absolute atomic E-state index is 0.475. The van der Waals surface area contributed by atoms with Gasteiger partial charge in [0.15, 0.2) is 0 Å². The summed E-state index contributed by atoms with van der Waals surface area (Å²) >= 11 is 0. The molecular formula is C7H8N4. The summed E-state index contributed by atoms with van der Waals surface area (Å²) in [5.74, 6) is 0. The topological polar surface area (TPSA) is 76.8 Å². The molecule has 0 bridgehead atoms. The average molecular weight is 148 g/mol. The Morgan fingerprint density at radius 1 is 1.18 bits per heavy atom. The summed E-state index contributed by atoms with van der Waals surface area (Å²) in [6.45, 7) is 0.475. The van der Waals surface area contributed by atoms with E-state index < -0.39 is 0 Å². The van der Waals surface area contributed by atoms with Gasteiger partial charge in [-0.05, 0) is 12.1 Å². The van der Waals surface area contributed by atoms with E-state index in [1.54, 1.807) is 6.07 Å². The van der Waals surface area contributed by atoms with E-state index in [1.165, 1.54) is 0 Å². The van der Waals surface area contributed by atoms with Crippen LogP contribution in [0.1, 0.15) is 0 Å². The quantitative estimate of drug-likeness (QED) is 0.466. The van der Waals surface area contributed by atoms with E-state index in [0.29, 0.717) is 18.0 Å². The van der Waals surface area contributed by atoms with E-state index >= 15 is 0 Å². The molecule has 0 radical (unpaired) electrons. The molecule has 1 aliphatic heterocycles. The van der Waals surface area contributed by atoms with Gasteiger partial charge in [0.1, 0.15) is 12.0 Å². The maximum Gasteiger partial charge on any atom is 0.131 e. The van der Waals surface area contributed by atoms with Gasteiger partial charge in [-0.15, -0.1) is 0 Å². The summed E-state index contributed by atoms with van der Waals surface area (Å²) < 4.78 is 0. The largest absolute Gasteiger partial charge is 0.397 e. The molecule has 0 atom stereocenters. The first-order valence-corrected chi connectivity index (χ1v) is 3.32. The van der Waals surface area contributed by atoms with Crippen molar-refractivity contribution in [1.82, 2.24) is 0 Å². The van der Waals surface area contributed by atoms with E-state index in [9.17, 15) is 0 Å². The molecule has 0 spiro atoms. The van der Waals surface area contributed by atoms with Crippen molar-refractivity contribution in [3.63, 3.8) is 0 Å². The fourth-order valence-corrected chi connectivity index (χ4v) is 1.09. The van der Waals surface area contributed by atoms with Crippen LogP contribution in [-0.2, 0) is 0 Å². The van der Waals surface area contributed by atoms with Gasteiger partial charge in [-0.3, -0.25) is 9.98 Å². The SMILES string of the molecule is Nc1ccc2c(c1N)=NCN=2. The van der Waals surface area contributed by atoms with Crippen LogP contribution >= 0.6 is 0 Å². The number of nitrogens with zero attached hydrogens (tertiary/aromatic N) is 2. The number of hydrogen-bond donors (Lipinski definition) is 2. The van der Waals surface area contributed by atoms with Gasteiger partial charge in [-0.2, -0.15) is 0 Å². The number of nitrogen functional groups attached to an aromatic ring is 2. The van der Waals surface area contributed by atoms with Crippen molar-refractivity contribution in [3.8, 4) is 0 Å². The Morgan fingerprint density at radius 3 is 2.82 bits per heavy atom. The van der Waals surface area contributed by atoms with Crippen LogP contribution in [-0.4, -0.2) is 6.67 Å². The van der Waals surface area contributed by atoms with Crippen LogP contribution in [0.25, 0.3) is 0 Å². The number of anilines is 2. The van der Waals surface area contributed by atoms with Crippen LogP contribution in [0.3, 0.4) is 0 Å². The molecule has 2 rings (SSSR count). The van der Waals surface area contributed by atoms with Gasteiger partial charge < -0.3 is 11.5 Å². The Labute approximate surface area is 63.3 Å². The summed E-state index contributed by atoms with van der Waals surface area (Å²) in [4.78, 5) is 8.19. The second kappa shape index (κ2) is 1.95. The molecule has 56 valence electrons. The second-order valence-corrected chi connectivity index (χ2v) is 2.39. The maximum atomic E-state index is 5.66. The highest BCUT2D eigenvalue weighted by Crippen LogP contribution is 2.04. The zero-order chi connectivity index (χ0) is 7.84. The summed E-state index contributed by atoms with van der Waals surface area (Å²) in [7, 11) is 0. The smallest absolute Gasteiger partial charge is 0.131 e. The molecule has 0 fully saturated rings. The second-order valence-electron chi connectivity index (χ2n) is 2.39. The molecule has 0 amide bonds. The van der Waals surface area contributed by atoms with E-state index in [2.05, 4.69) is 9.98 Å². The standard InChI is InChI=1S/C7H8N4/c8-4-1-2-5-7(6(4)9)11-3-10-5/h1-2H,3,8-9H2. The minimum Gasteiger partial charge on any atom is -0.397 e. The molecule has 0 aromatic heterocycles. The predicted molar refractivity (Wildman–Crippen MR) is 42.4 cm³/mol. The van der Waals surface area contributed by atoms with Crippen molar-refractivity contribution in [2.75, 3.05) is 18.1 Å². The fraction of sp³-hybridized carbons (Fsp3) is 0.143. The Balaban J connectivity index is 2.95. The zero-order valence-corrected chi connectivity index (χ0v) is 5.91. The molecule has 1 aromatic carbocycles. The van der Waals surface area contributed by atoms with Crippen LogP contribution in [0.5, 0.6) is 0 Å². The Kier molecular flexibility index (Phi) is 1.09. The highest BCUT2D eigenvalue weighted by molar-refractivity contribution is 5.61. The van der Waals surface area contributed by atoms with Crippen LogP contribution < -0.4 is 22.2 Å². The predicted octanol–water partition coefficient (Wildman–Crippen LogP) is -0.939. The van der Waals surface area contributed by atoms with Crippen molar-refractivity contribution in [2.24, 2.45) is 9.98 Å². The molecule has 1 aliphatic rings. The van der Waals surface area contributed by atoms with Gasteiger partial charge in [-0.25, -0.2) is 0 Å². The van der Waals surface area contributed by atoms with Gasteiger partial charge in [0, 0.05) is 0 Å². The van der Waals surface area contributed by atoms with Crippen molar-refractivity contribution in [3.05, 3.63) is 22.8 Å². The molecule has 4 heteroatoms. The number of benzene rings is 1. The summed E-state index contributed by atoms with van der Waals surface area (Å²) in [5, 5.41) is 1.58. The summed E-state index contributed by atoms with van der Waals surface area (Å²) in [6, 6.07) is 3.58. The van der Waals surface area contributed by atoms with E-state index in [4.69, 9.17) is 11.5 Å². The third-order valence-corrected chi connectivity index (χ3v) is 1.70. The van der Waals surface area contributed by atoms with E-state index in [0.717, 1.165) is 10.7 Å². The average Bonchev–Trinajstić information content (AvgIpc) is 2.45. The third-order valence-electron chi connectivity index (χ3n) is 1.70. The summed E-state index contributed by atoms with van der Waals surface area (Å²) in [5.41, 5.74) is 12.3. The molecule has 0 aliphatic carbocycles. The van der Waals surface area contributed by atoms with Crippen molar-refractivity contribution in [2.45, 2.75) is 0 Å². The highest BCUT2D eigenvalue weighted by Gasteiger charge is 2.02. The van der Waals surface area contributed by atoms with Crippen LogP contribution in [0.15, 0.2) is 22.1 Å². The lowest BCUT2D eigenvalue weighted by Gasteiger charge is -1.95. The molecule has 0 saturated heterocycles. The third kappa shape index (κ3) is 0.756. The molecule has 4 N–H and O–H groups in total. The van der Waals surface area contributed by atoms with Crippen molar-refractivity contribution < 1.29 is 0 Å². The molecule has 0 unspecified atom stereocenters. The van der Waals surface area contributed by atoms with Crippen LogP contribution in [0, 0.1) is 0 Å². The lowest BCUT2D eigenvalue weighted by Crippen LogP contribution is -2.26. The van der Waals surface area contributed by atoms with Gasteiger partial charge in [-0.1, -0.05) is 0 Å². The number of nitrogens with two attached hydrogens (primary N) is 2. The van der Waals surface area contributed by atoms with Gasteiger partial charge >= 0.3 is 0 Å². The van der Waals surface area contributed by atoms with Gasteiger partial charge in [0.05, 0.1) is 16.7 Å². The number of rotatable bonds is 0. The van der Waals surface area contributed by atoms with Crippen LogP contribution in [0.2, 0.25) is 0 Å². The lowest BCUT2D eigenvalue weighted by molar-refractivity contribution is 1.06. The lowest BCUT2D eigenvalue weighted by atomic mass is 10.2. The maximum absolute atomic E-state index is 5.66. The van der Waals surface area contributed by atoms with E-state index in [-0.39, 0.29) is 0 Å². The normalized spacial score (nSPS) is 13.5. The molecule has 0 saturated carbocycles. The minimum atomic E-state index is 0.475. The van der Waals surface area contributed by atoms with Crippen molar-refractivity contribution >= 4 is 11.4 Å². The molecule has 4 nitrogen and oxygen atoms in total. The molecule has 1 aromatic rings. The summed E-state index contributed by atoms with van der Waals surface area (Å²) in [6.07, 6.45) is 0. The van der Waals surface area contributed by atoms with E-state index in [1.807, 2.05) is 6.07 Å². The molecule has 1 heterocycles. The number of hydrogen-bond acceptors (Lipinski definition) is 4. The zero-order valence-electron chi connectivity index (χ0n) is 5.91. The van der Waals surface area contributed by atoms with Crippen molar-refractivity contribution in [1.29, 1.82) is 0 Å². The first-order chi connectivity index (χ1) is 5.29. The Bertz CT molecular complexity index is 407. The molecular weight excluding hydrogens is 140 g/mol. The first-order valence-electron chi connectivity index (χ1n) is 3.32. The molecule has 11 heavy (non-hydrogen) atoms. The Morgan fingerprint density at radius 2 is 2.00 bits per heavy atom. The fourth-order valence-electron chi connectivity index (χ4n) is 1.09. The first kappa shape index (κ1) is 6.15. The highest BCUT2D eigenvalue weighted by atomic mass is 15.0. The number of fused-ring (bicyclic) bond motifs is 1.